The van der Waals surface area contributed by atoms with Gasteiger partial charge in [-0.3, -0.25) is 14.3 Å². The van der Waals surface area contributed by atoms with Gasteiger partial charge in [-0.15, -0.1) is 0 Å². The van der Waals surface area contributed by atoms with Gasteiger partial charge in [-0.05, 0) is 12.1 Å². The Bertz CT molecular complexity index is 631. The van der Waals surface area contributed by atoms with Gasteiger partial charge in [-0.1, -0.05) is 0 Å². The van der Waals surface area contributed by atoms with Crippen molar-refractivity contribution in [1.82, 2.24) is 24.5 Å². The Labute approximate surface area is 115 Å². The highest BCUT2D eigenvalue weighted by Gasteiger charge is 2.18. The van der Waals surface area contributed by atoms with Crippen LogP contribution in [0.5, 0.6) is 0 Å². The average molecular weight is 277 g/mol. The van der Waals surface area contributed by atoms with Gasteiger partial charge in [-0.2, -0.15) is 10.2 Å². The summed E-state index contributed by atoms with van der Waals surface area (Å²) < 4.78 is 2.85. The van der Waals surface area contributed by atoms with Gasteiger partial charge < -0.3 is 10.0 Å². The number of carboxylic acids is 1. The maximum atomic E-state index is 12.3. The minimum atomic E-state index is -1.04. The third-order valence-electron chi connectivity index (χ3n) is 2.89. The van der Waals surface area contributed by atoms with Gasteiger partial charge in [0.2, 0.25) is 0 Å². The molecule has 2 rings (SSSR count). The molecule has 8 heteroatoms. The second-order valence-electron chi connectivity index (χ2n) is 4.38. The smallest absolute Gasteiger partial charge is 0.325 e. The molecule has 0 spiro atoms. The minimum absolute atomic E-state index is 0.247. The fourth-order valence-electron chi connectivity index (χ4n) is 1.84. The molecule has 1 amide bonds. The van der Waals surface area contributed by atoms with E-state index < -0.39 is 5.97 Å². The monoisotopic (exact) mass is 277 g/mol. The fraction of sp³-hybridized carbons (Fsp3) is 0.333. The van der Waals surface area contributed by atoms with Crippen LogP contribution < -0.4 is 0 Å². The van der Waals surface area contributed by atoms with Crippen molar-refractivity contribution in [3.8, 4) is 0 Å². The van der Waals surface area contributed by atoms with Gasteiger partial charge in [0.25, 0.3) is 5.91 Å². The van der Waals surface area contributed by atoms with Crippen LogP contribution in [0.3, 0.4) is 0 Å². The normalized spacial score (nSPS) is 10.5. The van der Waals surface area contributed by atoms with Crippen molar-refractivity contribution in [2.24, 2.45) is 7.05 Å². The predicted molar refractivity (Wildman–Crippen MR) is 68.9 cm³/mol. The van der Waals surface area contributed by atoms with Crippen molar-refractivity contribution in [2.45, 2.75) is 13.1 Å². The molecule has 0 aliphatic rings. The van der Waals surface area contributed by atoms with Crippen LogP contribution in [-0.2, 0) is 24.9 Å². The Morgan fingerprint density at radius 3 is 2.60 bits per heavy atom. The third kappa shape index (κ3) is 2.85. The summed E-state index contributed by atoms with van der Waals surface area (Å²) in [4.78, 5) is 24.5. The van der Waals surface area contributed by atoms with Crippen LogP contribution in [0, 0.1) is 0 Å². The van der Waals surface area contributed by atoms with E-state index in [0.29, 0.717) is 6.54 Å². The van der Waals surface area contributed by atoms with Crippen molar-refractivity contribution in [2.75, 3.05) is 7.05 Å². The molecule has 0 aliphatic heterocycles. The summed E-state index contributed by atoms with van der Waals surface area (Å²) in [6, 6.07) is 3.32. The largest absolute Gasteiger partial charge is 0.480 e. The second kappa shape index (κ2) is 5.55. The molecule has 2 heterocycles. The highest BCUT2D eigenvalue weighted by Crippen LogP contribution is 2.07. The van der Waals surface area contributed by atoms with Gasteiger partial charge in [0.05, 0.1) is 12.2 Å². The molecular formula is C12H15N5O3. The van der Waals surface area contributed by atoms with Crippen molar-refractivity contribution in [1.29, 1.82) is 0 Å². The molecular weight excluding hydrogens is 262 g/mol. The molecule has 0 saturated carbocycles. The van der Waals surface area contributed by atoms with E-state index >= 15 is 0 Å². The van der Waals surface area contributed by atoms with Crippen LogP contribution in [-0.4, -0.2) is 48.5 Å². The van der Waals surface area contributed by atoms with Gasteiger partial charge in [0.1, 0.15) is 12.2 Å². The Kier molecular flexibility index (Phi) is 3.83. The van der Waals surface area contributed by atoms with E-state index in [1.165, 1.54) is 21.8 Å². The molecule has 0 unspecified atom stereocenters. The first-order valence-electron chi connectivity index (χ1n) is 5.95. The molecule has 0 atom stereocenters. The van der Waals surface area contributed by atoms with E-state index in [-0.39, 0.29) is 18.1 Å². The molecule has 1 N–H and O–H groups in total. The second-order valence-corrected chi connectivity index (χ2v) is 4.38. The van der Waals surface area contributed by atoms with Crippen LogP contribution in [0.2, 0.25) is 0 Å². The predicted octanol–water partition coefficient (Wildman–Crippen LogP) is -0.0266. The molecule has 2 aromatic heterocycles. The Morgan fingerprint density at radius 2 is 2.00 bits per heavy atom. The summed E-state index contributed by atoms with van der Waals surface area (Å²) in [5.74, 6) is -1.33. The average Bonchev–Trinajstić information content (AvgIpc) is 2.98. The molecule has 0 radical (unpaired) electrons. The highest BCUT2D eigenvalue weighted by atomic mass is 16.4. The maximum absolute atomic E-state index is 12.3. The number of aryl methyl sites for hydroxylation is 1. The van der Waals surface area contributed by atoms with Gasteiger partial charge in [0, 0.05) is 26.5 Å². The van der Waals surface area contributed by atoms with Crippen molar-refractivity contribution in [3.05, 3.63) is 35.9 Å². The van der Waals surface area contributed by atoms with Gasteiger partial charge in [-0.25, -0.2) is 4.68 Å². The summed E-state index contributed by atoms with van der Waals surface area (Å²) in [6.45, 7) is 0.0429. The van der Waals surface area contributed by atoms with Crippen molar-refractivity contribution >= 4 is 11.9 Å². The lowest BCUT2D eigenvalue weighted by atomic mass is 10.3. The van der Waals surface area contributed by atoms with E-state index in [2.05, 4.69) is 10.2 Å². The summed E-state index contributed by atoms with van der Waals surface area (Å²) >= 11 is 0. The van der Waals surface area contributed by atoms with Crippen LogP contribution in [0.4, 0.5) is 0 Å². The lowest BCUT2D eigenvalue weighted by Crippen LogP contribution is -2.30. The van der Waals surface area contributed by atoms with Crippen LogP contribution in [0.1, 0.15) is 16.2 Å². The first-order valence-corrected chi connectivity index (χ1v) is 5.95. The number of hydrogen-bond donors (Lipinski definition) is 1. The number of carboxylic acid groups (broad SMARTS) is 1. The maximum Gasteiger partial charge on any atom is 0.325 e. The topological polar surface area (TPSA) is 93.3 Å². The fourth-order valence-corrected chi connectivity index (χ4v) is 1.84. The van der Waals surface area contributed by atoms with E-state index in [0.717, 1.165) is 5.69 Å². The molecule has 2 aromatic rings. The molecule has 8 nitrogen and oxygen atoms in total. The van der Waals surface area contributed by atoms with Crippen molar-refractivity contribution < 1.29 is 14.7 Å². The number of rotatable bonds is 5. The van der Waals surface area contributed by atoms with Gasteiger partial charge in [0.15, 0.2) is 0 Å². The van der Waals surface area contributed by atoms with Crippen LogP contribution >= 0.6 is 0 Å². The molecule has 0 bridgehead atoms. The zero-order valence-electron chi connectivity index (χ0n) is 11.2. The number of nitrogens with zero attached hydrogens (tertiary/aromatic N) is 5. The zero-order valence-corrected chi connectivity index (χ0v) is 11.2. The number of aliphatic carboxylic acids is 1. The lowest BCUT2D eigenvalue weighted by molar-refractivity contribution is -0.137. The molecule has 0 saturated heterocycles. The molecule has 20 heavy (non-hydrogen) atoms. The van der Waals surface area contributed by atoms with Crippen molar-refractivity contribution in [3.63, 3.8) is 0 Å². The number of amides is 1. The summed E-state index contributed by atoms with van der Waals surface area (Å²) in [5.41, 5.74) is 1.13. The summed E-state index contributed by atoms with van der Waals surface area (Å²) in [5, 5.41) is 16.7. The first-order chi connectivity index (χ1) is 9.49. The van der Waals surface area contributed by atoms with Crippen LogP contribution in [0.15, 0.2) is 24.5 Å². The highest BCUT2D eigenvalue weighted by molar-refractivity contribution is 5.92. The van der Waals surface area contributed by atoms with E-state index in [9.17, 15) is 9.59 Å². The molecule has 106 valence electrons. The molecule has 0 fully saturated rings. The zero-order chi connectivity index (χ0) is 14.7. The van der Waals surface area contributed by atoms with E-state index in [1.54, 1.807) is 25.0 Å². The number of aromatic nitrogens is 4. The molecule has 0 aliphatic carbocycles. The van der Waals surface area contributed by atoms with Gasteiger partial charge >= 0.3 is 5.97 Å². The lowest BCUT2D eigenvalue weighted by Gasteiger charge is -2.17. The summed E-state index contributed by atoms with van der Waals surface area (Å²) in [6.07, 6.45) is 3.07. The summed E-state index contributed by atoms with van der Waals surface area (Å²) in [7, 11) is 3.44. The standard InChI is InChI=1S/C12H15N5O3/c1-15(7-9-3-5-13-16(9)2)12(20)10-4-6-14-17(10)8-11(18)19/h3-6H,7-8H2,1-2H3,(H,18,19). The quantitative estimate of drug-likeness (QED) is 0.828. The van der Waals surface area contributed by atoms with E-state index in [4.69, 9.17) is 5.11 Å². The number of hydrogen-bond acceptors (Lipinski definition) is 4. The Morgan fingerprint density at radius 1 is 1.30 bits per heavy atom. The number of carbonyl (C=O) groups is 2. The van der Waals surface area contributed by atoms with Crippen LogP contribution in [0.25, 0.3) is 0 Å². The Balaban J connectivity index is 2.13. The SMILES string of the molecule is CN(Cc1ccnn1C)C(=O)c1ccnn1CC(=O)O. The third-order valence-corrected chi connectivity index (χ3v) is 2.89. The van der Waals surface area contributed by atoms with E-state index in [1.807, 2.05) is 6.07 Å². The Hall–Kier alpha value is -2.64. The number of carbonyl (C=O) groups excluding carboxylic acids is 1. The first kappa shape index (κ1) is 13.8. The molecule has 0 aromatic carbocycles. The minimum Gasteiger partial charge on any atom is -0.480 e.